The highest BCUT2D eigenvalue weighted by Crippen LogP contribution is 2.03. The highest BCUT2D eigenvalue weighted by atomic mass is 16.5. The van der Waals surface area contributed by atoms with E-state index in [-0.39, 0.29) is 5.91 Å². The summed E-state index contributed by atoms with van der Waals surface area (Å²) >= 11 is 0. The van der Waals surface area contributed by atoms with Gasteiger partial charge in [-0.05, 0) is 26.0 Å². The van der Waals surface area contributed by atoms with Crippen molar-refractivity contribution in [1.29, 1.82) is 0 Å². The SMILES string of the molecule is C=C(C)OC(=C)/C=N/NC(=O)c1cccc(C)c1. The van der Waals surface area contributed by atoms with Gasteiger partial charge in [0.05, 0.1) is 12.0 Å². The van der Waals surface area contributed by atoms with Crippen LogP contribution in [-0.4, -0.2) is 12.1 Å². The molecule has 0 aliphatic rings. The molecule has 4 heteroatoms. The fourth-order valence-electron chi connectivity index (χ4n) is 1.26. The number of amides is 1. The number of rotatable bonds is 5. The highest BCUT2D eigenvalue weighted by Gasteiger charge is 2.03. The van der Waals surface area contributed by atoms with Gasteiger partial charge in [-0.15, -0.1) is 0 Å². The van der Waals surface area contributed by atoms with Crippen molar-refractivity contribution in [3.63, 3.8) is 0 Å². The molecule has 0 heterocycles. The molecular weight excluding hydrogens is 228 g/mol. The van der Waals surface area contributed by atoms with Crippen LogP contribution < -0.4 is 5.43 Å². The number of hydrogen-bond donors (Lipinski definition) is 1. The number of nitrogens with zero attached hydrogens (tertiary/aromatic N) is 1. The summed E-state index contributed by atoms with van der Waals surface area (Å²) in [5.74, 6) is 0.543. The zero-order valence-corrected chi connectivity index (χ0v) is 10.6. The number of aryl methyl sites for hydroxylation is 1. The van der Waals surface area contributed by atoms with Crippen molar-refractivity contribution in [2.45, 2.75) is 13.8 Å². The summed E-state index contributed by atoms with van der Waals surface area (Å²) in [5, 5.41) is 3.74. The zero-order valence-electron chi connectivity index (χ0n) is 10.6. The number of carbonyl (C=O) groups is 1. The fourth-order valence-corrected chi connectivity index (χ4v) is 1.26. The standard InChI is InChI=1S/C14H16N2O2/c1-10(2)18-12(4)9-15-16-14(17)13-7-5-6-11(3)8-13/h5-9H,1,4H2,2-3H3,(H,16,17)/b15-9+. The van der Waals surface area contributed by atoms with Gasteiger partial charge < -0.3 is 4.74 Å². The molecule has 1 N–H and O–H groups in total. The lowest BCUT2D eigenvalue weighted by molar-refractivity contribution is 0.0955. The van der Waals surface area contributed by atoms with Crippen LogP contribution in [0.4, 0.5) is 0 Å². The first-order valence-corrected chi connectivity index (χ1v) is 5.41. The van der Waals surface area contributed by atoms with E-state index in [0.717, 1.165) is 5.56 Å². The van der Waals surface area contributed by atoms with Crippen LogP contribution in [0.1, 0.15) is 22.8 Å². The Balaban J connectivity index is 2.54. The van der Waals surface area contributed by atoms with E-state index in [0.29, 0.717) is 17.1 Å². The van der Waals surface area contributed by atoms with Crippen LogP contribution in [0.3, 0.4) is 0 Å². The Morgan fingerprint density at radius 3 is 2.78 bits per heavy atom. The van der Waals surface area contributed by atoms with E-state index in [1.807, 2.05) is 19.1 Å². The lowest BCUT2D eigenvalue weighted by Crippen LogP contribution is -2.17. The van der Waals surface area contributed by atoms with Gasteiger partial charge in [-0.3, -0.25) is 4.79 Å². The molecule has 1 rings (SSSR count). The Morgan fingerprint density at radius 1 is 1.44 bits per heavy atom. The van der Waals surface area contributed by atoms with Gasteiger partial charge in [0.25, 0.3) is 5.91 Å². The van der Waals surface area contributed by atoms with Gasteiger partial charge in [0.15, 0.2) is 0 Å². The fraction of sp³-hybridized carbons (Fsp3) is 0.143. The van der Waals surface area contributed by atoms with Gasteiger partial charge in [0.2, 0.25) is 0 Å². The molecule has 0 atom stereocenters. The van der Waals surface area contributed by atoms with Crippen LogP contribution in [0.2, 0.25) is 0 Å². The average Bonchev–Trinajstić information content (AvgIpc) is 2.27. The molecule has 0 saturated carbocycles. The maximum atomic E-state index is 11.7. The van der Waals surface area contributed by atoms with Gasteiger partial charge in [-0.2, -0.15) is 5.10 Å². The minimum atomic E-state index is -0.280. The Bertz CT molecular complexity index is 504. The first kappa shape index (κ1) is 13.7. The second-order valence-electron chi connectivity index (χ2n) is 3.84. The van der Waals surface area contributed by atoms with Crippen LogP contribution in [0, 0.1) is 6.92 Å². The number of hydrazone groups is 1. The van der Waals surface area contributed by atoms with E-state index in [9.17, 15) is 4.79 Å². The van der Waals surface area contributed by atoms with Crippen LogP contribution in [-0.2, 0) is 4.74 Å². The smallest absolute Gasteiger partial charge is 0.271 e. The molecule has 0 bridgehead atoms. The lowest BCUT2D eigenvalue weighted by Gasteiger charge is -2.03. The maximum absolute atomic E-state index is 11.7. The molecule has 0 fully saturated rings. The molecule has 1 aromatic carbocycles. The minimum Gasteiger partial charge on any atom is -0.462 e. The Hall–Kier alpha value is -2.36. The third-order valence-electron chi connectivity index (χ3n) is 1.96. The minimum absolute atomic E-state index is 0.280. The molecule has 0 unspecified atom stereocenters. The zero-order chi connectivity index (χ0) is 13.5. The Morgan fingerprint density at radius 2 is 2.17 bits per heavy atom. The predicted molar refractivity (Wildman–Crippen MR) is 72.2 cm³/mol. The molecule has 0 aromatic heterocycles. The third-order valence-corrected chi connectivity index (χ3v) is 1.96. The van der Waals surface area contributed by atoms with E-state index < -0.39 is 0 Å². The van der Waals surface area contributed by atoms with Crippen molar-refractivity contribution >= 4 is 12.1 Å². The molecule has 1 aromatic rings. The van der Waals surface area contributed by atoms with E-state index >= 15 is 0 Å². The van der Waals surface area contributed by atoms with Gasteiger partial charge >= 0.3 is 0 Å². The van der Waals surface area contributed by atoms with E-state index in [1.54, 1.807) is 19.1 Å². The molecule has 0 aliphatic heterocycles. The molecule has 0 saturated heterocycles. The van der Waals surface area contributed by atoms with Crippen LogP contribution in [0.15, 0.2) is 54.0 Å². The number of benzene rings is 1. The van der Waals surface area contributed by atoms with E-state index in [4.69, 9.17) is 4.74 Å². The Labute approximate surface area is 107 Å². The van der Waals surface area contributed by atoms with Crippen LogP contribution in [0.5, 0.6) is 0 Å². The molecular formula is C14H16N2O2. The third kappa shape index (κ3) is 4.65. The van der Waals surface area contributed by atoms with Crippen molar-refractivity contribution in [3.05, 3.63) is 60.1 Å². The first-order chi connectivity index (χ1) is 8.49. The molecule has 18 heavy (non-hydrogen) atoms. The molecule has 4 nitrogen and oxygen atoms in total. The number of ether oxygens (including phenoxy) is 1. The largest absolute Gasteiger partial charge is 0.462 e. The lowest BCUT2D eigenvalue weighted by atomic mass is 10.1. The predicted octanol–water partition coefficient (Wildman–Crippen LogP) is 2.77. The van der Waals surface area contributed by atoms with Crippen LogP contribution >= 0.6 is 0 Å². The highest BCUT2D eigenvalue weighted by molar-refractivity contribution is 5.94. The normalized spacial score (nSPS) is 10.1. The van der Waals surface area contributed by atoms with Crippen molar-refractivity contribution in [3.8, 4) is 0 Å². The molecule has 94 valence electrons. The molecule has 1 amide bonds. The van der Waals surface area contributed by atoms with Crippen molar-refractivity contribution in [2.75, 3.05) is 0 Å². The molecule has 0 spiro atoms. The summed E-state index contributed by atoms with van der Waals surface area (Å²) in [6.45, 7) is 10.8. The van der Waals surface area contributed by atoms with E-state index in [1.165, 1.54) is 6.21 Å². The molecule has 0 aliphatic carbocycles. The quantitative estimate of drug-likeness (QED) is 0.492. The summed E-state index contributed by atoms with van der Waals surface area (Å²) in [6.07, 6.45) is 1.32. The summed E-state index contributed by atoms with van der Waals surface area (Å²) in [7, 11) is 0. The van der Waals surface area contributed by atoms with E-state index in [2.05, 4.69) is 23.7 Å². The number of hydrogen-bond acceptors (Lipinski definition) is 3. The average molecular weight is 244 g/mol. The maximum Gasteiger partial charge on any atom is 0.271 e. The summed E-state index contributed by atoms with van der Waals surface area (Å²) in [5.41, 5.74) is 3.96. The summed E-state index contributed by atoms with van der Waals surface area (Å²) in [6, 6.07) is 7.24. The first-order valence-electron chi connectivity index (χ1n) is 5.41. The monoisotopic (exact) mass is 244 g/mol. The Kier molecular flexibility index (Phi) is 4.87. The molecule has 0 radical (unpaired) electrons. The van der Waals surface area contributed by atoms with Gasteiger partial charge in [0.1, 0.15) is 5.76 Å². The van der Waals surface area contributed by atoms with Crippen molar-refractivity contribution < 1.29 is 9.53 Å². The summed E-state index contributed by atoms with van der Waals surface area (Å²) in [4.78, 5) is 11.7. The summed E-state index contributed by atoms with van der Waals surface area (Å²) < 4.78 is 5.07. The van der Waals surface area contributed by atoms with Gasteiger partial charge in [-0.1, -0.05) is 30.9 Å². The second kappa shape index (κ2) is 6.39. The number of allylic oxidation sites excluding steroid dienone is 2. The number of nitrogens with one attached hydrogen (secondary N) is 1. The van der Waals surface area contributed by atoms with Crippen molar-refractivity contribution in [2.24, 2.45) is 5.10 Å². The van der Waals surface area contributed by atoms with Crippen LogP contribution in [0.25, 0.3) is 0 Å². The topological polar surface area (TPSA) is 50.7 Å². The van der Waals surface area contributed by atoms with Gasteiger partial charge in [0, 0.05) is 5.56 Å². The van der Waals surface area contributed by atoms with Gasteiger partial charge in [-0.25, -0.2) is 5.43 Å². The second-order valence-corrected chi connectivity index (χ2v) is 3.84. The van der Waals surface area contributed by atoms with Crippen molar-refractivity contribution in [1.82, 2.24) is 5.43 Å². The number of carbonyl (C=O) groups excluding carboxylic acids is 1.